The van der Waals surface area contributed by atoms with Crippen LogP contribution < -0.4 is 16.0 Å². The number of amides is 3. The van der Waals surface area contributed by atoms with Crippen LogP contribution in [-0.2, 0) is 30.3 Å². The van der Waals surface area contributed by atoms with Gasteiger partial charge in [-0.05, 0) is 73.4 Å². The number of allylic oxidation sites excluding steroid dienone is 2. The third-order valence-corrected chi connectivity index (χ3v) is 9.28. The van der Waals surface area contributed by atoms with Crippen LogP contribution in [0.15, 0.2) is 84.9 Å². The minimum atomic E-state index is -1.19. The van der Waals surface area contributed by atoms with E-state index in [1.54, 1.807) is 6.07 Å². The number of anilines is 1. The summed E-state index contributed by atoms with van der Waals surface area (Å²) in [7, 11) is 0. The number of nitrogens with one attached hydrogen (secondary N) is 3. The number of hydrogen-bond donors (Lipinski definition) is 4. The molecule has 3 atom stereocenters. The normalized spacial score (nSPS) is 22.1. The van der Waals surface area contributed by atoms with Crippen LogP contribution in [0.1, 0.15) is 63.4 Å². The summed E-state index contributed by atoms with van der Waals surface area (Å²) in [4.78, 5) is 54.0. The van der Waals surface area contributed by atoms with Crippen LogP contribution in [0.3, 0.4) is 0 Å². The number of cyclic esters (lactones) is 1. The smallest absolute Gasteiger partial charge is 0.309 e. The van der Waals surface area contributed by atoms with Crippen molar-refractivity contribution in [2.45, 2.75) is 75.8 Å². The lowest BCUT2D eigenvalue weighted by molar-refractivity contribution is -0.151. The third kappa shape index (κ3) is 9.51. The van der Waals surface area contributed by atoms with Crippen molar-refractivity contribution in [3.63, 3.8) is 0 Å². The molecular formula is C38H45N3O6. The van der Waals surface area contributed by atoms with Gasteiger partial charge in [0.1, 0.15) is 12.6 Å². The molecule has 248 valence electrons. The first-order valence-electron chi connectivity index (χ1n) is 16.7. The highest BCUT2D eigenvalue weighted by Crippen LogP contribution is 2.29. The Balaban J connectivity index is 1.35. The third-order valence-electron chi connectivity index (χ3n) is 9.28. The second-order valence-corrected chi connectivity index (χ2v) is 12.9. The molecule has 1 aliphatic carbocycles. The molecule has 3 aromatic rings. The summed E-state index contributed by atoms with van der Waals surface area (Å²) in [6.45, 7) is -0.499. The number of fused-ring (bicyclic) bond motifs is 1. The maximum Gasteiger partial charge on any atom is 0.309 e. The average Bonchev–Trinajstić information content (AvgIpc) is 3.55. The summed E-state index contributed by atoms with van der Waals surface area (Å²) >= 11 is 0. The van der Waals surface area contributed by atoms with E-state index in [2.05, 4.69) is 16.0 Å². The number of rotatable bonds is 8. The first-order valence-corrected chi connectivity index (χ1v) is 16.7. The Kier molecular flexibility index (Phi) is 11.8. The Morgan fingerprint density at radius 2 is 1.64 bits per heavy atom. The molecule has 0 aromatic heterocycles. The van der Waals surface area contributed by atoms with Crippen molar-refractivity contribution < 1.29 is 29.0 Å². The summed E-state index contributed by atoms with van der Waals surface area (Å²) in [5.41, 5.74) is 0.907. The Labute approximate surface area is 276 Å². The molecule has 1 saturated carbocycles. The minimum Gasteiger partial charge on any atom is -0.463 e. The van der Waals surface area contributed by atoms with Crippen LogP contribution in [0.4, 0.5) is 5.69 Å². The first kappa shape index (κ1) is 33.9. The Morgan fingerprint density at radius 1 is 0.894 bits per heavy atom. The molecule has 47 heavy (non-hydrogen) atoms. The van der Waals surface area contributed by atoms with Gasteiger partial charge in [0.2, 0.25) is 11.8 Å². The molecule has 5 rings (SSSR count). The van der Waals surface area contributed by atoms with Gasteiger partial charge in [0.05, 0.1) is 24.0 Å². The standard InChI is InChI=1S/C38H45N3O6/c42-26-38(20-10-11-21-38)41-34(43)24-30-16-6-1-2-7-17-31(22-27-12-4-3-5-13-27)37(46)47-25-33(40-35(30)44)36(45)39-32-19-18-28-14-8-9-15-29(28)23-32/h1,3-6,8-9,12-15,18-19,23,30-31,33,42H,2,7,10-11,16-17,20-22,24-26H2,(H,39,45)(H,40,44)(H,41,43). The van der Waals surface area contributed by atoms with Crippen molar-refractivity contribution in [3.05, 3.63) is 90.5 Å². The van der Waals surface area contributed by atoms with Crippen molar-refractivity contribution in [3.8, 4) is 0 Å². The van der Waals surface area contributed by atoms with Gasteiger partial charge in [-0.15, -0.1) is 0 Å². The predicted octanol–water partition coefficient (Wildman–Crippen LogP) is 5.22. The molecule has 0 spiro atoms. The zero-order valence-corrected chi connectivity index (χ0v) is 26.8. The molecule has 9 heteroatoms. The van der Waals surface area contributed by atoms with Crippen molar-refractivity contribution >= 4 is 40.2 Å². The summed E-state index contributed by atoms with van der Waals surface area (Å²) in [5.74, 6) is -2.92. The van der Waals surface area contributed by atoms with Gasteiger partial charge in [0, 0.05) is 12.1 Å². The van der Waals surface area contributed by atoms with Gasteiger partial charge in [-0.2, -0.15) is 0 Å². The fraction of sp³-hybridized carbons (Fsp3) is 0.421. The minimum absolute atomic E-state index is 0.101. The van der Waals surface area contributed by atoms with Gasteiger partial charge in [0.15, 0.2) is 0 Å². The van der Waals surface area contributed by atoms with E-state index < -0.39 is 41.2 Å². The van der Waals surface area contributed by atoms with E-state index in [9.17, 15) is 24.3 Å². The van der Waals surface area contributed by atoms with Crippen LogP contribution in [-0.4, -0.2) is 53.6 Å². The second kappa shape index (κ2) is 16.4. The van der Waals surface area contributed by atoms with E-state index in [1.807, 2.05) is 78.9 Å². The fourth-order valence-electron chi connectivity index (χ4n) is 6.54. The molecule has 1 aliphatic heterocycles. The lowest BCUT2D eigenvalue weighted by Crippen LogP contribution is -2.52. The second-order valence-electron chi connectivity index (χ2n) is 12.9. The zero-order valence-electron chi connectivity index (χ0n) is 26.8. The number of aliphatic hydroxyl groups excluding tert-OH is 1. The molecule has 1 heterocycles. The van der Waals surface area contributed by atoms with E-state index in [0.29, 0.717) is 44.2 Å². The van der Waals surface area contributed by atoms with Crippen molar-refractivity contribution in [1.29, 1.82) is 0 Å². The topological polar surface area (TPSA) is 134 Å². The van der Waals surface area contributed by atoms with Crippen LogP contribution in [0.25, 0.3) is 10.8 Å². The summed E-state index contributed by atoms with van der Waals surface area (Å²) in [6, 6.07) is 21.9. The van der Waals surface area contributed by atoms with E-state index >= 15 is 0 Å². The molecule has 3 unspecified atom stereocenters. The van der Waals surface area contributed by atoms with Crippen molar-refractivity contribution in [2.24, 2.45) is 11.8 Å². The fourth-order valence-corrected chi connectivity index (χ4v) is 6.54. The Hall–Kier alpha value is -4.50. The molecule has 3 aromatic carbocycles. The van der Waals surface area contributed by atoms with E-state index in [4.69, 9.17) is 4.74 Å². The van der Waals surface area contributed by atoms with Gasteiger partial charge < -0.3 is 25.8 Å². The quantitative estimate of drug-likeness (QED) is 0.197. The van der Waals surface area contributed by atoms with Gasteiger partial charge in [-0.25, -0.2) is 0 Å². The molecule has 0 saturated heterocycles. The maximum absolute atomic E-state index is 13.7. The lowest BCUT2D eigenvalue weighted by Gasteiger charge is -2.29. The first-order chi connectivity index (χ1) is 22.8. The molecule has 0 radical (unpaired) electrons. The van der Waals surface area contributed by atoms with E-state index in [-0.39, 0.29) is 25.5 Å². The highest BCUT2D eigenvalue weighted by molar-refractivity contribution is 5.99. The van der Waals surface area contributed by atoms with Crippen LogP contribution in [0.5, 0.6) is 0 Å². The van der Waals surface area contributed by atoms with Crippen LogP contribution >= 0.6 is 0 Å². The monoisotopic (exact) mass is 639 g/mol. The van der Waals surface area contributed by atoms with Gasteiger partial charge in [-0.3, -0.25) is 19.2 Å². The number of esters is 1. The summed E-state index contributed by atoms with van der Waals surface area (Å²) < 4.78 is 5.75. The molecular weight excluding hydrogens is 594 g/mol. The highest BCUT2D eigenvalue weighted by atomic mass is 16.5. The SMILES string of the molecule is O=C(CC1CC=CCCCC(Cc2ccccc2)C(=O)OCC(C(=O)Nc2ccc3ccccc3c2)NC1=O)NC1(CO)CCCC1. The molecule has 1 fully saturated rings. The lowest BCUT2D eigenvalue weighted by atomic mass is 9.93. The van der Waals surface area contributed by atoms with Gasteiger partial charge in [0.25, 0.3) is 5.91 Å². The predicted molar refractivity (Wildman–Crippen MR) is 181 cm³/mol. The highest BCUT2D eigenvalue weighted by Gasteiger charge is 2.36. The number of carbonyl (C=O) groups excluding carboxylic acids is 4. The average molecular weight is 640 g/mol. The molecule has 0 bridgehead atoms. The van der Waals surface area contributed by atoms with E-state index in [1.165, 1.54) is 0 Å². The molecule has 2 aliphatic rings. The number of hydrogen-bond acceptors (Lipinski definition) is 6. The summed E-state index contributed by atoms with van der Waals surface area (Å²) in [5, 5.41) is 20.6. The Bertz CT molecular complexity index is 1570. The molecule has 4 N–H and O–H groups in total. The number of benzene rings is 3. The van der Waals surface area contributed by atoms with Crippen LogP contribution in [0, 0.1) is 11.8 Å². The number of aliphatic hydroxyl groups is 1. The van der Waals surface area contributed by atoms with E-state index in [0.717, 1.165) is 35.6 Å². The number of ether oxygens (including phenoxy) is 1. The molecule has 9 nitrogen and oxygen atoms in total. The zero-order chi connectivity index (χ0) is 33.1. The van der Waals surface area contributed by atoms with Gasteiger partial charge in [-0.1, -0.05) is 85.7 Å². The van der Waals surface area contributed by atoms with Crippen molar-refractivity contribution in [2.75, 3.05) is 18.5 Å². The summed E-state index contributed by atoms with van der Waals surface area (Å²) in [6.07, 6.45) is 9.88. The Morgan fingerprint density at radius 3 is 2.40 bits per heavy atom. The largest absolute Gasteiger partial charge is 0.463 e. The van der Waals surface area contributed by atoms with Gasteiger partial charge >= 0.3 is 5.97 Å². The number of carbonyl (C=O) groups is 4. The maximum atomic E-state index is 13.7. The molecule has 3 amide bonds. The van der Waals surface area contributed by atoms with Crippen LogP contribution in [0.2, 0.25) is 0 Å². The van der Waals surface area contributed by atoms with Crippen molar-refractivity contribution in [1.82, 2.24) is 10.6 Å².